The molecule has 5 heteroatoms. The highest BCUT2D eigenvalue weighted by Crippen LogP contribution is 2.30. The highest BCUT2D eigenvalue weighted by atomic mass is 32.2. The summed E-state index contributed by atoms with van der Waals surface area (Å²) in [6.07, 6.45) is 4.38. The van der Waals surface area contributed by atoms with E-state index < -0.39 is 5.92 Å². The van der Waals surface area contributed by atoms with E-state index in [-0.39, 0.29) is 23.6 Å². The molecule has 0 aromatic heterocycles. The summed E-state index contributed by atoms with van der Waals surface area (Å²) < 4.78 is 31.8. The number of carbonyl (C=O) groups is 1. The van der Waals surface area contributed by atoms with Crippen LogP contribution in [0.1, 0.15) is 79.1 Å². The average molecular weight is 339 g/mol. The first-order valence-electron chi connectivity index (χ1n) is 8.40. The largest absolute Gasteiger partial charge is 0.464 e. The number of unbranched alkanes of at least 4 members (excludes halogenated alkanes) is 2. The molecule has 0 heterocycles. The van der Waals surface area contributed by atoms with Crippen molar-refractivity contribution in [3.05, 3.63) is 0 Å². The Morgan fingerprint density at radius 2 is 1.73 bits per heavy atom. The van der Waals surface area contributed by atoms with Gasteiger partial charge in [0.1, 0.15) is 6.61 Å². The van der Waals surface area contributed by atoms with Crippen molar-refractivity contribution in [3.63, 3.8) is 0 Å². The monoisotopic (exact) mass is 338 g/mol. The summed E-state index contributed by atoms with van der Waals surface area (Å²) in [5.41, 5.74) is 0. The fourth-order valence-electron chi connectivity index (χ4n) is 2.06. The number of rotatable bonds is 13. The van der Waals surface area contributed by atoms with Crippen LogP contribution in [0.15, 0.2) is 0 Å². The van der Waals surface area contributed by atoms with Gasteiger partial charge in [-0.3, -0.25) is 4.79 Å². The normalized spacial score (nSPS) is 12.5. The number of alkyl halides is 2. The minimum Gasteiger partial charge on any atom is -0.464 e. The number of esters is 1. The second-order valence-corrected chi connectivity index (χ2v) is 8.24. The van der Waals surface area contributed by atoms with Crippen LogP contribution in [-0.4, -0.2) is 29.0 Å². The summed E-state index contributed by atoms with van der Waals surface area (Å²) >= 11 is 1.60. The predicted molar refractivity (Wildman–Crippen MR) is 90.7 cm³/mol. The van der Waals surface area contributed by atoms with Gasteiger partial charge in [0.05, 0.1) is 0 Å². The van der Waals surface area contributed by atoms with Gasteiger partial charge in [0.15, 0.2) is 0 Å². The second kappa shape index (κ2) is 11.3. The number of ether oxygens (including phenoxy) is 1. The molecule has 0 aliphatic rings. The molecule has 0 bridgehead atoms. The minimum atomic E-state index is -2.54. The molecule has 0 aliphatic heterocycles. The predicted octanol–water partition coefficient (Wildman–Crippen LogP) is 5.84. The molecule has 0 spiro atoms. The first-order valence-corrected chi connectivity index (χ1v) is 9.38. The maximum Gasteiger partial charge on any atom is 0.305 e. The third-order valence-corrected chi connectivity index (χ3v) is 4.75. The highest BCUT2D eigenvalue weighted by Gasteiger charge is 2.27. The SMILES string of the molecule is CCCCCC(=O)OCC(C)(C)SCCCC(F)(F)CCC. The van der Waals surface area contributed by atoms with Crippen molar-refractivity contribution in [1.82, 2.24) is 0 Å². The Hall–Kier alpha value is -0.320. The van der Waals surface area contributed by atoms with Gasteiger partial charge >= 0.3 is 5.97 Å². The fourth-order valence-corrected chi connectivity index (χ4v) is 3.04. The van der Waals surface area contributed by atoms with Crippen LogP contribution < -0.4 is 0 Å². The summed E-state index contributed by atoms with van der Waals surface area (Å²) in [7, 11) is 0. The third kappa shape index (κ3) is 12.2. The molecular formula is C17H32F2O2S. The lowest BCUT2D eigenvalue weighted by Crippen LogP contribution is -2.25. The van der Waals surface area contributed by atoms with Crippen molar-refractivity contribution in [3.8, 4) is 0 Å². The summed E-state index contributed by atoms with van der Waals surface area (Å²) in [6, 6.07) is 0. The smallest absolute Gasteiger partial charge is 0.305 e. The molecule has 0 fully saturated rings. The molecule has 132 valence electrons. The van der Waals surface area contributed by atoms with Gasteiger partial charge < -0.3 is 4.74 Å². The van der Waals surface area contributed by atoms with Gasteiger partial charge in [-0.25, -0.2) is 8.78 Å². The van der Waals surface area contributed by atoms with Gasteiger partial charge in [-0.1, -0.05) is 33.1 Å². The lowest BCUT2D eigenvalue weighted by Gasteiger charge is -2.24. The Balaban J connectivity index is 3.83. The van der Waals surface area contributed by atoms with Gasteiger partial charge in [-0.2, -0.15) is 11.8 Å². The third-order valence-electron chi connectivity index (χ3n) is 3.36. The van der Waals surface area contributed by atoms with E-state index in [4.69, 9.17) is 4.74 Å². The molecule has 22 heavy (non-hydrogen) atoms. The molecular weight excluding hydrogens is 306 g/mol. The topological polar surface area (TPSA) is 26.3 Å². The summed E-state index contributed by atoms with van der Waals surface area (Å²) in [6.45, 7) is 8.19. The molecule has 0 aromatic carbocycles. The Morgan fingerprint density at radius 3 is 2.32 bits per heavy atom. The van der Waals surface area contributed by atoms with Gasteiger partial charge in [0.2, 0.25) is 5.92 Å². The summed E-state index contributed by atoms with van der Waals surface area (Å²) in [4.78, 5) is 11.6. The summed E-state index contributed by atoms with van der Waals surface area (Å²) in [5.74, 6) is -2.03. The average Bonchev–Trinajstić information content (AvgIpc) is 2.42. The van der Waals surface area contributed by atoms with E-state index >= 15 is 0 Å². The van der Waals surface area contributed by atoms with Crippen molar-refractivity contribution in [2.24, 2.45) is 0 Å². The van der Waals surface area contributed by atoms with Crippen LogP contribution in [0.4, 0.5) is 8.78 Å². The van der Waals surface area contributed by atoms with E-state index in [1.807, 2.05) is 13.8 Å². The molecule has 0 unspecified atom stereocenters. The van der Waals surface area contributed by atoms with Crippen molar-refractivity contribution in [2.75, 3.05) is 12.4 Å². The Labute approximate surface area is 138 Å². The van der Waals surface area contributed by atoms with Gasteiger partial charge in [0, 0.05) is 24.0 Å². The van der Waals surface area contributed by atoms with E-state index in [1.165, 1.54) is 0 Å². The first kappa shape index (κ1) is 21.7. The number of halogens is 2. The molecule has 0 aromatic rings. The van der Waals surface area contributed by atoms with Crippen LogP contribution in [-0.2, 0) is 9.53 Å². The van der Waals surface area contributed by atoms with Crippen LogP contribution in [0.5, 0.6) is 0 Å². The fraction of sp³-hybridized carbons (Fsp3) is 0.941. The van der Waals surface area contributed by atoms with Gasteiger partial charge in [-0.15, -0.1) is 0 Å². The van der Waals surface area contributed by atoms with Crippen LogP contribution in [0, 0.1) is 0 Å². The Bertz CT molecular complexity index is 307. The van der Waals surface area contributed by atoms with Crippen LogP contribution in [0.2, 0.25) is 0 Å². The molecule has 0 saturated carbocycles. The molecule has 0 rings (SSSR count). The standard InChI is InChI=1S/C17H32F2O2S/c1-5-7-8-10-15(20)21-14-16(3,4)22-13-9-12-17(18,19)11-6-2/h5-14H2,1-4H3. The van der Waals surface area contributed by atoms with E-state index in [0.717, 1.165) is 19.3 Å². The zero-order chi connectivity index (χ0) is 17.1. The Kier molecular flexibility index (Phi) is 11.1. The molecule has 2 nitrogen and oxygen atoms in total. The molecule has 0 atom stereocenters. The van der Waals surface area contributed by atoms with Crippen LogP contribution >= 0.6 is 11.8 Å². The lowest BCUT2D eigenvalue weighted by molar-refractivity contribution is -0.144. The van der Waals surface area contributed by atoms with Crippen molar-refractivity contribution in [1.29, 1.82) is 0 Å². The molecule has 0 amide bonds. The quantitative estimate of drug-likeness (QED) is 0.312. The molecule has 0 aliphatic carbocycles. The zero-order valence-corrected chi connectivity index (χ0v) is 15.4. The molecule has 0 radical (unpaired) electrons. The number of thioether (sulfide) groups is 1. The number of hydrogen-bond donors (Lipinski definition) is 0. The first-order chi connectivity index (χ1) is 10.2. The van der Waals surface area contributed by atoms with Crippen molar-refractivity contribution >= 4 is 17.7 Å². The minimum absolute atomic E-state index is 0.0313. The molecule has 0 N–H and O–H groups in total. The van der Waals surface area contributed by atoms with Crippen LogP contribution in [0.3, 0.4) is 0 Å². The number of hydrogen-bond acceptors (Lipinski definition) is 3. The molecule has 0 saturated heterocycles. The lowest BCUT2D eigenvalue weighted by atomic mass is 10.1. The van der Waals surface area contributed by atoms with Crippen LogP contribution in [0.25, 0.3) is 0 Å². The number of carbonyl (C=O) groups excluding carboxylic acids is 1. The Morgan fingerprint density at radius 1 is 1.05 bits per heavy atom. The maximum atomic E-state index is 13.4. The second-order valence-electron chi connectivity index (χ2n) is 6.44. The highest BCUT2D eigenvalue weighted by molar-refractivity contribution is 8.00. The van der Waals surface area contributed by atoms with Crippen molar-refractivity contribution < 1.29 is 18.3 Å². The zero-order valence-electron chi connectivity index (χ0n) is 14.6. The summed E-state index contributed by atoms with van der Waals surface area (Å²) in [5, 5.41) is 0. The van der Waals surface area contributed by atoms with E-state index in [2.05, 4.69) is 6.92 Å². The van der Waals surface area contributed by atoms with E-state index in [9.17, 15) is 13.6 Å². The van der Waals surface area contributed by atoms with Gasteiger partial charge in [-0.05, 0) is 32.4 Å². The van der Waals surface area contributed by atoms with Crippen molar-refractivity contribution in [2.45, 2.75) is 89.7 Å². The van der Waals surface area contributed by atoms with E-state index in [1.54, 1.807) is 18.7 Å². The van der Waals surface area contributed by atoms with E-state index in [0.29, 0.717) is 31.6 Å². The maximum absolute atomic E-state index is 13.4. The van der Waals surface area contributed by atoms with Gasteiger partial charge in [0.25, 0.3) is 0 Å².